The molecule has 5 aliphatic rings. The lowest BCUT2D eigenvalue weighted by molar-refractivity contribution is -0.157. The third-order valence-electron chi connectivity index (χ3n) is 12.9. The summed E-state index contributed by atoms with van der Waals surface area (Å²) in [6.45, 7) is 17.9. The highest BCUT2D eigenvalue weighted by molar-refractivity contribution is 5.94. The summed E-state index contributed by atoms with van der Waals surface area (Å²) in [6, 6.07) is 0. The zero-order valence-corrected chi connectivity index (χ0v) is 21.6. The molecule has 0 aromatic carbocycles. The van der Waals surface area contributed by atoms with Crippen LogP contribution in [-0.4, -0.2) is 11.6 Å². The molecule has 0 amide bonds. The van der Waals surface area contributed by atoms with Crippen molar-refractivity contribution in [2.45, 2.75) is 112 Å². The molecule has 2 heteroatoms. The first-order chi connectivity index (χ1) is 14.9. The van der Waals surface area contributed by atoms with Gasteiger partial charge < -0.3 is 0 Å². The van der Waals surface area contributed by atoms with E-state index in [1.165, 1.54) is 51.4 Å². The molecule has 0 unspecified atom stereocenters. The van der Waals surface area contributed by atoms with Crippen LogP contribution < -0.4 is 0 Å². The fourth-order valence-corrected chi connectivity index (χ4v) is 10.9. The van der Waals surface area contributed by atoms with E-state index in [0.717, 1.165) is 24.7 Å². The number of allylic oxidation sites excluding steroid dienone is 1. The minimum Gasteiger partial charge on any atom is -0.299 e. The highest BCUT2D eigenvalue weighted by Gasteiger charge is 2.82. The molecule has 5 rings (SSSR count). The summed E-state index contributed by atoms with van der Waals surface area (Å²) < 4.78 is 0. The maximum absolute atomic E-state index is 12.8. The van der Waals surface area contributed by atoms with Crippen molar-refractivity contribution in [1.82, 2.24) is 0 Å². The third kappa shape index (κ3) is 2.59. The summed E-state index contributed by atoms with van der Waals surface area (Å²) in [5.74, 6) is 3.57. The van der Waals surface area contributed by atoms with Crippen molar-refractivity contribution in [1.29, 1.82) is 0 Å². The minimum atomic E-state index is -0.114. The third-order valence-corrected chi connectivity index (χ3v) is 12.9. The van der Waals surface area contributed by atoms with Gasteiger partial charge in [0.25, 0.3) is 0 Å². The Balaban J connectivity index is 1.40. The number of rotatable bonds is 5. The Morgan fingerprint density at radius 2 is 1.62 bits per heavy atom. The molecule has 0 aromatic rings. The van der Waals surface area contributed by atoms with Gasteiger partial charge >= 0.3 is 0 Å². The Labute approximate surface area is 196 Å². The first-order valence-corrected chi connectivity index (χ1v) is 13.6. The second kappa shape index (κ2) is 6.82. The number of hydrogen-bond donors (Lipinski definition) is 0. The molecule has 32 heavy (non-hydrogen) atoms. The lowest BCUT2D eigenvalue weighted by atomic mass is 9.42. The average molecular weight is 439 g/mol. The number of hydrogen-bond acceptors (Lipinski definition) is 2. The van der Waals surface area contributed by atoms with Crippen LogP contribution in [0.5, 0.6) is 0 Å². The molecule has 0 heterocycles. The van der Waals surface area contributed by atoms with E-state index < -0.39 is 0 Å². The van der Waals surface area contributed by atoms with Gasteiger partial charge in [0.2, 0.25) is 0 Å². The Kier molecular flexibility index (Phi) is 4.87. The van der Waals surface area contributed by atoms with Gasteiger partial charge in [0.05, 0.1) is 0 Å². The van der Waals surface area contributed by atoms with Crippen molar-refractivity contribution in [3.63, 3.8) is 0 Å². The number of fused-ring (bicyclic) bond motifs is 2. The highest BCUT2D eigenvalue weighted by atomic mass is 16.1. The van der Waals surface area contributed by atoms with E-state index in [4.69, 9.17) is 0 Å². The van der Waals surface area contributed by atoms with Gasteiger partial charge in [-0.2, -0.15) is 0 Å². The fraction of sp³-hybridized carbons (Fsp3) is 0.867. The summed E-state index contributed by atoms with van der Waals surface area (Å²) in [5.41, 5.74) is 2.40. The summed E-state index contributed by atoms with van der Waals surface area (Å²) in [5, 5.41) is 0. The number of Topliss-reactive ketones (excluding diaryl/α,β-unsaturated/α-hetero) is 2. The lowest BCUT2D eigenvalue weighted by Gasteiger charge is -2.62. The maximum atomic E-state index is 12.8. The molecule has 5 aliphatic carbocycles. The quantitative estimate of drug-likeness (QED) is 0.415. The highest BCUT2D eigenvalue weighted by Crippen LogP contribution is 2.88. The van der Waals surface area contributed by atoms with Crippen molar-refractivity contribution in [2.75, 3.05) is 0 Å². The molecule has 0 N–H and O–H groups in total. The van der Waals surface area contributed by atoms with E-state index in [1.807, 2.05) is 6.92 Å². The zero-order chi connectivity index (χ0) is 23.3. The van der Waals surface area contributed by atoms with Crippen LogP contribution in [0, 0.1) is 50.7 Å². The zero-order valence-electron chi connectivity index (χ0n) is 21.6. The molecule has 178 valence electrons. The Hall–Kier alpha value is -0.920. The molecule has 0 saturated heterocycles. The van der Waals surface area contributed by atoms with Gasteiger partial charge in [-0.25, -0.2) is 0 Å². The van der Waals surface area contributed by atoms with E-state index >= 15 is 0 Å². The first kappa shape index (κ1) is 22.9. The molecule has 2 nitrogen and oxygen atoms in total. The number of carbonyl (C=O) groups is 2. The van der Waals surface area contributed by atoms with Gasteiger partial charge in [-0.15, -0.1) is 0 Å². The Morgan fingerprint density at radius 3 is 2.31 bits per heavy atom. The lowest BCUT2D eigenvalue weighted by Crippen LogP contribution is -2.57. The van der Waals surface area contributed by atoms with E-state index in [1.54, 1.807) is 0 Å². The van der Waals surface area contributed by atoms with Crippen molar-refractivity contribution in [2.24, 2.45) is 50.7 Å². The second-order valence-electron chi connectivity index (χ2n) is 14.0. The van der Waals surface area contributed by atoms with Crippen LogP contribution in [0.15, 0.2) is 12.2 Å². The van der Waals surface area contributed by atoms with Gasteiger partial charge in [-0.05, 0) is 116 Å². The Morgan fingerprint density at radius 1 is 0.969 bits per heavy atom. The first-order valence-electron chi connectivity index (χ1n) is 13.6. The van der Waals surface area contributed by atoms with Crippen molar-refractivity contribution >= 4 is 11.6 Å². The number of ketones is 2. The molecule has 0 aromatic heterocycles. The molecule has 0 radical (unpaired) electrons. The molecular weight excluding hydrogens is 392 g/mol. The van der Waals surface area contributed by atoms with E-state index in [-0.39, 0.29) is 11.2 Å². The van der Waals surface area contributed by atoms with Gasteiger partial charge in [0.15, 0.2) is 5.78 Å². The van der Waals surface area contributed by atoms with Gasteiger partial charge in [-0.3, -0.25) is 9.59 Å². The summed E-state index contributed by atoms with van der Waals surface area (Å²) in [6.07, 6.45) is 13.1. The van der Waals surface area contributed by atoms with Gasteiger partial charge in [0.1, 0.15) is 5.78 Å². The van der Waals surface area contributed by atoms with Crippen LogP contribution in [0.3, 0.4) is 0 Å². The predicted octanol–water partition coefficient (Wildman–Crippen LogP) is 7.56. The topological polar surface area (TPSA) is 34.1 Å². The Bertz CT molecular complexity index is 868. The predicted molar refractivity (Wildman–Crippen MR) is 130 cm³/mol. The van der Waals surface area contributed by atoms with E-state index in [0.29, 0.717) is 51.3 Å². The molecular formula is C30H46O2. The smallest absolute Gasteiger partial charge is 0.157 e. The average Bonchev–Trinajstić information content (AvgIpc) is 3.31. The molecule has 5 saturated carbocycles. The van der Waals surface area contributed by atoms with Crippen LogP contribution in [0.1, 0.15) is 112 Å². The largest absolute Gasteiger partial charge is 0.299 e. The summed E-state index contributed by atoms with van der Waals surface area (Å²) in [4.78, 5) is 25.0. The molecule has 8 atom stereocenters. The van der Waals surface area contributed by atoms with Crippen molar-refractivity contribution in [3.8, 4) is 0 Å². The van der Waals surface area contributed by atoms with E-state index in [2.05, 4.69) is 41.2 Å². The molecule has 0 bridgehead atoms. The standard InChI is InChI=1S/C30H46O2/c1-19(2)22(31)9-8-20(3)21-12-14-28(7)24-11-10-23-26(4,5)25(32)13-15-29(23)18-30(24,29)17-16-27(21,28)6/h20-21,23-24H,1,8-18H2,2-7H3/t20-,21-,23+,24-,27-,28+,29-,30+/m1/s1. The van der Waals surface area contributed by atoms with E-state index in [9.17, 15) is 9.59 Å². The van der Waals surface area contributed by atoms with Gasteiger partial charge in [-0.1, -0.05) is 41.2 Å². The fourth-order valence-electron chi connectivity index (χ4n) is 10.9. The SMILES string of the molecule is C=C(C)C(=O)CC[C@@H](C)[C@H]1CC[C@@]2(C)[C@H]3CC[C@H]4C(C)(C)C(=O)CC[C@@]45C[C@@]35CC[C@]12C. The van der Waals surface area contributed by atoms with Crippen LogP contribution in [0.25, 0.3) is 0 Å². The van der Waals surface area contributed by atoms with Crippen LogP contribution in [-0.2, 0) is 9.59 Å². The van der Waals surface area contributed by atoms with Crippen LogP contribution >= 0.6 is 0 Å². The van der Waals surface area contributed by atoms with Crippen LogP contribution in [0.4, 0.5) is 0 Å². The van der Waals surface area contributed by atoms with Crippen LogP contribution in [0.2, 0.25) is 0 Å². The van der Waals surface area contributed by atoms with Gasteiger partial charge in [0, 0.05) is 18.3 Å². The second-order valence-corrected chi connectivity index (χ2v) is 14.0. The minimum absolute atomic E-state index is 0.114. The van der Waals surface area contributed by atoms with Crippen molar-refractivity contribution in [3.05, 3.63) is 12.2 Å². The molecule has 2 spiro atoms. The monoisotopic (exact) mass is 438 g/mol. The van der Waals surface area contributed by atoms with Crippen molar-refractivity contribution < 1.29 is 9.59 Å². The molecule has 5 fully saturated rings. The summed E-state index contributed by atoms with van der Waals surface area (Å²) in [7, 11) is 0. The maximum Gasteiger partial charge on any atom is 0.157 e. The molecule has 0 aliphatic heterocycles. The normalized spacial score (nSPS) is 49.3. The number of carbonyl (C=O) groups excluding carboxylic acids is 2. The summed E-state index contributed by atoms with van der Waals surface area (Å²) >= 11 is 0.